The summed E-state index contributed by atoms with van der Waals surface area (Å²) in [4.78, 5) is 15.8. The maximum atomic E-state index is 13.7. The number of benzene rings is 1. The van der Waals surface area contributed by atoms with Gasteiger partial charge in [-0.05, 0) is 46.1 Å². The molecule has 1 aromatic carbocycles. The second-order valence-corrected chi connectivity index (χ2v) is 5.25. The molecule has 2 aromatic rings. The van der Waals surface area contributed by atoms with E-state index in [4.69, 9.17) is 0 Å². The average Bonchev–Trinajstić information content (AvgIpc) is 2.46. The van der Waals surface area contributed by atoms with E-state index in [2.05, 4.69) is 20.9 Å². The second-order valence-electron chi connectivity index (χ2n) is 4.40. The van der Waals surface area contributed by atoms with Crippen molar-refractivity contribution in [1.29, 1.82) is 0 Å². The molecule has 0 saturated carbocycles. The molecule has 0 unspecified atom stereocenters. The summed E-state index contributed by atoms with van der Waals surface area (Å²) in [7, 11) is 0. The Morgan fingerprint density at radius 3 is 2.75 bits per heavy atom. The molecule has 5 heteroatoms. The Balaban J connectivity index is 2.00. The Labute approximate surface area is 124 Å². The van der Waals surface area contributed by atoms with Crippen LogP contribution in [0.5, 0.6) is 0 Å². The predicted molar refractivity (Wildman–Crippen MR) is 75.3 cm³/mol. The fraction of sp³-hybridized carbons (Fsp3) is 0.200. The van der Waals surface area contributed by atoms with E-state index in [0.29, 0.717) is 6.42 Å². The van der Waals surface area contributed by atoms with Crippen molar-refractivity contribution in [2.45, 2.75) is 19.3 Å². The minimum absolute atomic E-state index is 0.161. The van der Waals surface area contributed by atoms with E-state index in [0.717, 1.165) is 11.6 Å². The van der Waals surface area contributed by atoms with Gasteiger partial charge in [-0.1, -0.05) is 6.07 Å². The average molecular weight is 340 g/mol. The van der Waals surface area contributed by atoms with Crippen LogP contribution in [0.2, 0.25) is 0 Å². The van der Waals surface area contributed by atoms with E-state index < -0.39 is 11.6 Å². The van der Waals surface area contributed by atoms with Gasteiger partial charge in [0.05, 0.1) is 4.47 Å². The maximum absolute atomic E-state index is 13.7. The Morgan fingerprint density at radius 2 is 2.05 bits per heavy atom. The Hall–Kier alpha value is -1.62. The van der Waals surface area contributed by atoms with Gasteiger partial charge in [0.1, 0.15) is 17.4 Å². The fourth-order valence-electron chi connectivity index (χ4n) is 1.85. The quantitative estimate of drug-likeness (QED) is 0.774. The number of ketones is 1. The highest BCUT2D eigenvalue weighted by atomic mass is 79.9. The number of carbonyl (C=O) groups is 1. The minimum atomic E-state index is -0.709. The topological polar surface area (TPSA) is 30.0 Å². The number of hydrogen-bond acceptors (Lipinski definition) is 2. The molecule has 0 atom stereocenters. The van der Waals surface area contributed by atoms with E-state index in [1.807, 2.05) is 6.07 Å². The van der Waals surface area contributed by atoms with E-state index >= 15 is 0 Å². The highest BCUT2D eigenvalue weighted by Crippen LogP contribution is 2.22. The summed E-state index contributed by atoms with van der Waals surface area (Å²) in [6, 6.07) is 6.08. The van der Waals surface area contributed by atoms with Crippen LogP contribution in [0.4, 0.5) is 8.78 Å². The van der Waals surface area contributed by atoms with Crippen molar-refractivity contribution in [2.24, 2.45) is 0 Å². The zero-order chi connectivity index (χ0) is 14.5. The van der Waals surface area contributed by atoms with Gasteiger partial charge in [0, 0.05) is 30.8 Å². The third-order valence-corrected chi connectivity index (χ3v) is 3.54. The molecule has 1 aromatic heterocycles. The molecule has 0 saturated heterocycles. The third kappa shape index (κ3) is 3.70. The fourth-order valence-corrected chi connectivity index (χ4v) is 2.22. The van der Waals surface area contributed by atoms with Crippen LogP contribution in [0.1, 0.15) is 17.5 Å². The van der Waals surface area contributed by atoms with Gasteiger partial charge in [-0.15, -0.1) is 0 Å². The van der Waals surface area contributed by atoms with Crippen LogP contribution < -0.4 is 0 Å². The molecule has 2 nitrogen and oxygen atoms in total. The molecular weight excluding hydrogens is 328 g/mol. The van der Waals surface area contributed by atoms with Gasteiger partial charge >= 0.3 is 0 Å². The zero-order valence-electron chi connectivity index (χ0n) is 10.6. The smallest absolute Gasteiger partial charge is 0.143 e. The first-order valence-corrected chi connectivity index (χ1v) is 6.90. The molecule has 0 fully saturated rings. The van der Waals surface area contributed by atoms with Gasteiger partial charge in [0.15, 0.2) is 0 Å². The molecule has 0 aliphatic carbocycles. The van der Waals surface area contributed by atoms with E-state index in [1.165, 1.54) is 6.07 Å². The molecule has 0 aliphatic heterocycles. The first-order chi connectivity index (χ1) is 9.58. The molecule has 0 bridgehead atoms. The molecule has 0 spiro atoms. The molecule has 0 radical (unpaired) electrons. The minimum Gasteiger partial charge on any atom is -0.299 e. The summed E-state index contributed by atoms with van der Waals surface area (Å²) in [5, 5.41) is 0. The van der Waals surface area contributed by atoms with Crippen molar-refractivity contribution in [3.63, 3.8) is 0 Å². The number of halogens is 3. The van der Waals surface area contributed by atoms with Gasteiger partial charge in [-0.25, -0.2) is 8.78 Å². The van der Waals surface area contributed by atoms with E-state index in [9.17, 15) is 13.6 Å². The van der Waals surface area contributed by atoms with Crippen molar-refractivity contribution < 1.29 is 13.6 Å². The lowest BCUT2D eigenvalue weighted by atomic mass is 10.0. The number of pyridine rings is 1. The molecule has 20 heavy (non-hydrogen) atoms. The third-order valence-electron chi connectivity index (χ3n) is 2.93. The lowest BCUT2D eigenvalue weighted by molar-refractivity contribution is -0.118. The normalized spacial score (nSPS) is 10.6. The molecule has 2 rings (SSSR count). The van der Waals surface area contributed by atoms with Gasteiger partial charge in [0.25, 0.3) is 0 Å². The van der Waals surface area contributed by atoms with Crippen molar-refractivity contribution in [3.8, 4) is 0 Å². The van der Waals surface area contributed by atoms with Crippen LogP contribution in [0.15, 0.2) is 41.1 Å². The number of nitrogens with zero attached hydrogens (tertiary/aromatic N) is 1. The summed E-state index contributed by atoms with van der Waals surface area (Å²) < 4.78 is 27.4. The predicted octanol–water partition coefficient (Wildman–Crippen LogP) is 3.87. The van der Waals surface area contributed by atoms with Crippen LogP contribution in [-0.4, -0.2) is 10.8 Å². The molecular formula is C15H12BrF2NO. The number of aryl methyl sites for hydroxylation is 1. The second kappa shape index (κ2) is 6.70. The Kier molecular flexibility index (Phi) is 4.95. The summed E-state index contributed by atoms with van der Waals surface area (Å²) in [5.41, 5.74) is 0.742. The van der Waals surface area contributed by atoms with Gasteiger partial charge in [0.2, 0.25) is 0 Å². The summed E-state index contributed by atoms with van der Waals surface area (Å²) in [5.74, 6) is -1.61. The number of rotatable bonds is 5. The van der Waals surface area contributed by atoms with Gasteiger partial charge < -0.3 is 0 Å². The molecule has 104 valence electrons. The first kappa shape index (κ1) is 14.8. The first-order valence-electron chi connectivity index (χ1n) is 6.11. The van der Waals surface area contributed by atoms with Gasteiger partial charge in [-0.2, -0.15) is 0 Å². The zero-order valence-corrected chi connectivity index (χ0v) is 12.2. The van der Waals surface area contributed by atoms with E-state index in [1.54, 1.807) is 18.5 Å². The number of carbonyl (C=O) groups excluding carboxylic acids is 1. The van der Waals surface area contributed by atoms with E-state index in [-0.39, 0.29) is 28.7 Å². The standard InChI is InChI=1S/C15H12BrF2NO/c16-13-5-6-14(17)12(15(13)18)8-11(20)4-3-10-2-1-7-19-9-10/h1-2,5-7,9H,3-4,8H2. The molecule has 0 amide bonds. The Bertz CT molecular complexity index is 617. The van der Waals surface area contributed by atoms with Crippen molar-refractivity contribution in [1.82, 2.24) is 4.98 Å². The summed E-state index contributed by atoms with van der Waals surface area (Å²) >= 11 is 2.98. The highest BCUT2D eigenvalue weighted by molar-refractivity contribution is 9.10. The Morgan fingerprint density at radius 1 is 1.25 bits per heavy atom. The number of Topliss-reactive ketones (excluding diaryl/α,β-unsaturated/α-hetero) is 1. The van der Waals surface area contributed by atoms with Crippen LogP contribution in [0.25, 0.3) is 0 Å². The van der Waals surface area contributed by atoms with Crippen LogP contribution in [-0.2, 0) is 17.6 Å². The van der Waals surface area contributed by atoms with Crippen LogP contribution in [0.3, 0.4) is 0 Å². The molecule has 1 heterocycles. The highest BCUT2D eigenvalue weighted by Gasteiger charge is 2.15. The number of aromatic nitrogens is 1. The monoisotopic (exact) mass is 339 g/mol. The van der Waals surface area contributed by atoms with Crippen molar-refractivity contribution in [3.05, 3.63) is 63.9 Å². The lowest BCUT2D eigenvalue weighted by Crippen LogP contribution is -2.08. The summed E-state index contributed by atoms with van der Waals surface area (Å²) in [6.45, 7) is 0. The molecule has 0 N–H and O–H groups in total. The maximum Gasteiger partial charge on any atom is 0.143 e. The SMILES string of the molecule is O=C(CCc1cccnc1)Cc1c(F)ccc(Br)c1F. The largest absolute Gasteiger partial charge is 0.299 e. The summed E-state index contributed by atoms with van der Waals surface area (Å²) in [6.07, 6.45) is 3.84. The van der Waals surface area contributed by atoms with Gasteiger partial charge in [-0.3, -0.25) is 9.78 Å². The van der Waals surface area contributed by atoms with Crippen LogP contribution >= 0.6 is 15.9 Å². The van der Waals surface area contributed by atoms with Crippen molar-refractivity contribution >= 4 is 21.7 Å². The number of hydrogen-bond donors (Lipinski definition) is 0. The van der Waals surface area contributed by atoms with Crippen molar-refractivity contribution in [2.75, 3.05) is 0 Å². The van der Waals surface area contributed by atoms with Crippen LogP contribution in [0, 0.1) is 11.6 Å². The lowest BCUT2D eigenvalue weighted by Gasteiger charge is -2.06. The molecule has 0 aliphatic rings.